The van der Waals surface area contributed by atoms with Gasteiger partial charge in [-0.3, -0.25) is 15.3 Å². The van der Waals surface area contributed by atoms with E-state index in [4.69, 9.17) is 25.4 Å². The van der Waals surface area contributed by atoms with E-state index in [2.05, 4.69) is 15.3 Å². The zero-order valence-corrected chi connectivity index (χ0v) is 23.0. The van der Waals surface area contributed by atoms with Gasteiger partial charge in [0.25, 0.3) is 5.88 Å². The highest BCUT2D eigenvalue weighted by Crippen LogP contribution is 2.42. The van der Waals surface area contributed by atoms with Crippen molar-refractivity contribution in [3.63, 3.8) is 0 Å². The van der Waals surface area contributed by atoms with E-state index in [0.29, 0.717) is 30.6 Å². The fraction of sp³-hybridized carbons (Fsp3) is 0.310. The number of aromatic hydroxyl groups is 1. The molecule has 11 nitrogen and oxygen atoms in total. The second-order valence-corrected chi connectivity index (χ2v) is 10.2. The lowest BCUT2D eigenvalue weighted by atomic mass is 9.96. The van der Waals surface area contributed by atoms with Gasteiger partial charge in [-0.05, 0) is 56.3 Å². The smallest absolute Gasteiger partial charge is 0.331 e. The van der Waals surface area contributed by atoms with Crippen LogP contribution in [0.25, 0.3) is 0 Å². The molecule has 3 aromatic rings. The van der Waals surface area contributed by atoms with Crippen LogP contribution in [0.2, 0.25) is 0 Å². The standard InChI is InChI=1S/C29H30F2N6O5/c1-37-12-11-34-26(37)18-14-17(36-29(28(39)40-2)9-3-4-10-29)6-8-21(18)41-24-19(30)15-35-27(23(24)31)42-22-13-16(25(32)33)5-7-20(22)38/h5-8,11,13-15,26,36,38H,3-4,9-10,12H2,1-2H3,(H3,32,33). The molecule has 1 fully saturated rings. The number of amidine groups is 1. The van der Waals surface area contributed by atoms with Crippen molar-refractivity contribution >= 4 is 23.7 Å². The van der Waals surface area contributed by atoms with Crippen LogP contribution in [0.1, 0.15) is 43.0 Å². The lowest BCUT2D eigenvalue weighted by Crippen LogP contribution is -2.44. The summed E-state index contributed by atoms with van der Waals surface area (Å²) in [4.78, 5) is 22.8. The Morgan fingerprint density at radius 3 is 2.60 bits per heavy atom. The van der Waals surface area contributed by atoms with E-state index in [1.165, 1.54) is 25.3 Å². The number of carbonyl (C=O) groups excluding carboxylic acids is 1. The molecule has 2 heterocycles. The predicted molar refractivity (Wildman–Crippen MR) is 151 cm³/mol. The van der Waals surface area contributed by atoms with Crippen LogP contribution in [-0.2, 0) is 9.53 Å². The maximum absolute atomic E-state index is 15.6. The van der Waals surface area contributed by atoms with Crippen molar-refractivity contribution in [2.75, 3.05) is 26.0 Å². The van der Waals surface area contributed by atoms with Gasteiger partial charge in [0.05, 0.1) is 13.3 Å². The van der Waals surface area contributed by atoms with E-state index in [9.17, 15) is 14.3 Å². The third-order valence-electron chi connectivity index (χ3n) is 7.33. The Kier molecular flexibility index (Phi) is 7.94. The summed E-state index contributed by atoms with van der Waals surface area (Å²) in [5.41, 5.74) is 5.93. The number of pyridine rings is 1. The summed E-state index contributed by atoms with van der Waals surface area (Å²) in [5.74, 6) is -4.94. The summed E-state index contributed by atoms with van der Waals surface area (Å²) in [6, 6.07) is 8.77. The number of nitrogens with two attached hydrogens (primary N) is 1. The lowest BCUT2D eigenvalue weighted by molar-refractivity contribution is -0.145. The van der Waals surface area contributed by atoms with Crippen LogP contribution < -0.4 is 20.5 Å². The number of carbonyl (C=O) groups is 1. The number of hydrogen-bond donors (Lipinski definition) is 4. The highest BCUT2D eigenvalue weighted by Gasteiger charge is 2.42. The van der Waals surface area contributed by atoms with Crippen LogP contribution in [0.5, 0.6) is 28.9 Å². The second-order valence-electron chi connectivity index (χ2n) is 10.2. The van der Waals surface area contributed by atoms with Crippen molar-refractivity contribution in [2.24, 2.45) is 10.7 Å². The molecule has 0 saturated heterocycles. The van der Waals surface area contributed by atoms with Crippen molar-refractivity contribution < 1.29 is 32.9 Å². The molecule has 5 rings (SSSR count). The largest absolute Gasteiger partial charge is 0.504 e. The Bertz CT molecular complexity index is 1560. The number of methoxy groups -OCH3 is 1. The highest BCUT2D eigenvalue weighted by atomic mass is 19.1. The van der Waals surface area contributed by atoms with E-state index in [0.717, 1.165) is 19.0 Å². The molecule has 0 bridgehead atoms. The SMILES string of the molecule is COC(=O)C1(Nc2ccc(Oc3c(F)cnc(Oc4cc(C(=N)N)ccc4O)c3F)c(C3N=CCN3C)c2)CCCC1. The number of nitrogens with zero attached hydrogens (tertiary/aromatic N) is 3. The molecular formula is C29H30F2N6O5. The third kappa shape index (κ3) is 5.55. The molecule has 220 valence electrons. The summed E-state index contributed by atoms with van der Waals surface area (Å²) in [6.07, 6.45) is 4.89. The van der Waals surface area contributed by atoms with Gasteiger partial charge in [0.2, 0.25) is 11.6 Å². The molecule has 13 heteroatoms. The molecule has 1 aliphatic heterocycles. The molecule has 2 aromatic carbocycles. The number of nitrogen functional groups attached to an aromatic ring is 1. The Morgan fingerprint density at radius 2 is 1.93 bits per heavy atom. The summed E-state index contributed by atoms with van der Waals surface area (Å²) >= 11 is 0. The second kappa shape index (κ2) is 11.6. The number of aromatic nitrogens is 1. The maximum atomic E-state index is 15.6. The first-order chi connectivity index (χ1) is 20.1. The molecule has 2 aliphatic rings. The van der Waals surface area contributed by atoms with Gasteiger partial charge in [0.15, 0.2) is 17.3 Å². The van der Waals surface area contributed by atoms with E-state index in [1.807, 2.05) is 11.9 Å². The van der Waals surface area contributed by atoms with Gasteiger partial charge in [-0.15, -0.1) is 0 Å². The maximum Gasteiger partial charge on any atom is 0.331 e. The van der Waals surface area contributed by atoms with Gasteiger partial charge in [0.1, 0.15) is 23.3 Å². The van der Waals surface area contributed by atoms with E-state index < -0.39 is 35.0 Å². The molecule has 5 N–H and O–H groups in total. The molecule has 0 radical (unpaired) electrons. The average molecular weight is 581 g/mol. The van der Waals surface area contributed by atoms with Crippen LogP contribution in [0.3, 0.4) is 0 Å². The molecule has 1 aliphatic carbocycles. The Hall–Kier alpha value is -4.78. The van der Waals surface area contributed by atoms with Gasteiger partial charge in [-0.25, -0.2) is 14.2 Å². The number of ether oxygens (including phenoxy) is 3. The number of hydrogen-bond acceptors (Lipinski definition) is 10. The van der Waals surface area contributed by atoms with Crippen molar-refractivity contribution in [1.29, 1.82) is 5.41 Å². The van der Waals surface area contributed by atoms with Gasteiger partial charge >= 0.3 is 5.97 Å². The first-order valence-corrected chi connectivity index (χ1v) is 13.2. The minimum atomic E-state index is -1.25. The zero-order valence-electron chi connectivity index (χ0n) is 23.0. The number of aliphatic imine (C=N–C) groups is 1. The molecular weight excluding hydrogens is 550 g/mol. The van der Waals surface area contributed by atoms with Crippen LogP contribution in [-0.4, -0.2) is 59.3 Å². The molecule has 42 heavy (non-hydrogen) atoms. The van der Waals surface area contributed by atoms with E-state index in [-0.39, 0.29) is 34.6 Å². The van der Waals surface area contributed by atoms with Crippen LogP contribution in [0, 0.1) is 17.0 Å². The monoisotopic (exact) mass is 580 g/mol. The fourth-order valence-corrected chi connectivity index (χ4v) is 5.13. The van der Waals surface area contributed by atoms with Gasteiger partial charge in [-0.2, -0.15) is 4.39 Å². The van der Waals surface area contributed by atoms with Crippen LogP contribution in [0.15, 0.2) is 47.6 Å². The van der Waals surface area contributed by atoms with Crippen molar-refractivity contribution in [3.05, 3.63) is 65.4 Å². The molecule has 1 atom stereocenters. The summed E-state index contributed by atoms with van der Waals surface area (Å²) in [7, 11) is 3.20. The number of anilines is 1. The number of phenols is 1. The number of benzene rings is 2. The predicted octanol–water partition coefficient (Wildman–Crippen LogP) is 4.85. The van der Waals surface area contributed by atoms with Crippen LogP contribution >= 0.6 is 0 Å². The fourth-order valence-electron chi connectivity index (χ4n) is 5.13. The first kappa shape index (κ1) is 28.7. The number of phenolic OH excluding ortho intramolecular Hbond substituents is 1. The minimum absolute atomic E-state index is 0.117. The number of esters is 1. The van der Waals surface area contributed by atoms with E-state index >= 15 is 4.39 Å². The average Bonchev–Trinajstić information content (AvgIpc) is 3.63. The highest BCUT2D eigenvalue weighted by molar-refractivity contribution is 5.95. The Balaban J connectivity index is 1.50. The minimum Gasteiger partial charge on any atom is -0.504 e. The van der Waals surface area contributed by atoms with Crippen LogP contribution in [0.4, 0.5) is 14.5 Å². The summed E-state index contributed by atoms with van der Waals surface area (Å²) in [5, 5.41) is 21.1. The van der Waals surface area contributed by atoms with Crippen molar-refractivity contribution in [1.82, 2.24) is 9.88 Å². The number of nitrogens with one attached hydrogen (secondary N) is 2. The summed E-state index contributed by atoms with van der Waals surface area (Å²) < 4.78 is 46.9. The quantitative estimate of drug-likeness (QED) is 0.158. The Labute approximate surface area is 240 Å². The third-order valence-corrected chi connectivity index (χ3v) is 7.33. The molecule has 0 spiro atoms. The van der Waals surface area contributed by atoms with E-state index in [1.54, 1.807) is 24.4 Å². The first-order valence-electron chi connectivity index (χ1n) is 13.2. The molecule has 1 aromatic heterocycles. The molecule has 1 unspecified atom stereocenters. The van der Waals surface area contributed by atoms with Gasteiger partial charge in [0, 0.05) is 29.6 Å². The number of rotatable bonds is 9. The zero-order chi connectivity index (χ0) is 30.0. The summed E-state index contributed by atoms with van der Waals surface area (Å²) in [6.45, 7) is 0.548. The van der Waals surface area contributed by atoms with Crippen molar-refractivity contribution in [3.8, 4) is 28.9 Å². The Morgan fingerprint density at radius 1 is 1.17 bits per heavy atom. The van der Waals surface area contributed by atoms with Crippen molar-refractivity contribution in [2.45, 2.75) is 37.4 Å². The topological polar surface area (TPSA) is 155 Å². The number of halogens is 2. The molecule has 0 amide bonds. The van der Waals surface area contributed by atoms with Gasteiger partial charge in [-0.1, -0.05) is 12.8 Å². The lowest BCUT2D eigenvalue weighted by Gasteiger charge is -2.29. The van der Waals surface area contributed by atoms with Gasteiger partial charge < -0.3 is 30.4 Å². The molecule has 1 saturated carbocycles. The normalized spacial score (nSPS) is 17.7.